The number of halogens is 3. The lowest BCUT2D eigenvalue weighted by atomic mass is 9.69. The summed E-state index contributed by atoms with van der Waals surface area (Å²) in [5.41, 5.74) is 1.14. The summed E-state index contributed by atoms with van der Waals surface area (Å²) in [7, 11) is 1.79. The molecule has 272 valence electrons. The first-order valence-corrected chi connectivity index (χ1v) is 18.0. The fourth-order valence-corrected chi connectivity index (χ4v) is 8.29. The molecule has 0 bridgehead atoms. The van der Waals surface area contributed by atoms with E-state index in [1.165, 1.54) is 23.9 Å². The monoisotopic (exact) mass is 736 g/mol. The van der Waals surface area contributed by atoms with Gasteiger partial charge in [0.25, 0.3) is 0 Å². The van der Waals surface area contributed by atoms with Gasteiger partial charge in [0.2, 0.25) is 0 Å². The number of hydrogen-bond donors (Lipinski definition) is 2. The van der Waals surface area contributed by atoms with Crippen LogP contribution >= 0.6 is 11.8 Å². The Morgan fingerprint density at radius 2 is 1.47 bits per heavy atom. The van der Waals surface area contributed by atoms with Crippen molar-refractivity contribution in [2.45, 2.75) is 42.7 Å². The number of anilines is 2. The highest BCUT2D eigenvalue weighted by Crippen LogP contribution is 2.50. The molecule has 1 atom stereocenters. The smallest absolute Gasteiger partial charge is 0.416 e. The number of aliphatic carboxylic acids is 2. The Morgan fingerprint density at radius 3 is 2.17 bits per heavy atom. The molecule has 1 aliphatic heterocycles. The number of benzene rings is 5. The molecule has 0 radical (unpaired) electrons. The van der Waals surface area contributed by atoms with Crippen molar-refractivity contribution in [2.24, 2.45) is 0 Å². The number of nitrogens with zero attached hydrogens (tertiary/aromatic N) is 2. The zero-order valence-electron chi connectivity index (χ0n) is 29.4. The van der Waals surface area contributed by atoms with E-state index in [-0.39, 0.29) is 37.9 Å². The molecule has 0 aliphatic carbocycles. The van der Waals surface area contributed by atoms with Gasteiger partial charge in [0.05, 0.1) is 29.1 Å². The molecule has 1 heterocycles. The summed E-state index contributed by atoms with van der Waals surface area (Å²) in [6.45, 7) is 6.81. The Kier molecular flexibility index (Phi) is 10.7. The highest BCUT2D eigenvalue weighted by Gasteiger charge is 2.39. The van der Waals surface area contributed by atoms with E-state index in [1.54, 1.807) is 13.1 Å². The van der Waals surface area contributed by atoms with Gasteiger partial charge in [-0.3, -0.25) is 9.59 Å². The average Bonchev–Trinajstić information content (AvgIpc) is 3.49. The Morgan fingerprint density at radius 1 is 0.849 bits per heavy atom. The normalized spacial score (nSPS) is 14.9. The van der Waals surface area contributed by atoms with Crippen molar-refractivity contribution in [3.05, 3.63) is 149 Å². The molecule has 6 nitrogen and oxygen atoms in total. The fourth-order valence-electron chi connectivity index (χ4n) is 7.06. The lowest BCUT2D eigenvalue weighted by molar-refractivity contribution is -0.138. The third-order valence-corrected chi connectivity index (χ3v) is 11.0. The minimum atomic E-state index is -4.59. The van der Waals surface area contributed by atoms with Crippen LogP contribution in [0.5, 0.6) is 0 Å². The number of fused-ring (bicyclic) bond motifs is 4. The molecular formula is C43H39F3N2O4S. The highest BCUT2D eigenvalue weighted by molar-refractivity contribution is 8.04. The van der Waals surface area contributed by atoms with Crippen LogP contribution in [0.25, 0.3) is 21.5 Å². The van der Waals surface area contributed by atoms with Crippen molar-refractivity contribution in [3.8, 4) is 0 Å². The van der Waals surface area contributed by atoms with Crippen LogP contribution in [-0.2, 0) is 27.6 Å². The number of carboxylic acids is 2. The molecule has 0 saturated carbocycles. The minimum absolute atomic E-state index is 0.0485. The first kappa shape index (κ1) is 37.3. The second-order valence-corrected chi connectivity index (χ2v) is 14.4. The van der Waals surface area contributed by atoms with Gasteiger partial charge in [-0.2, -0.15) is 13.2 Å². The number of carbonyl (C=O) groups is 2. The summed E-state index contributed by atoms with van der Waals surface area (Å²) in [5, 5.41) is 23.6. The molecule has 5 aromatic carbocycles. The van der Waals surface area contributed by atoms with Gasteiger partial charge in [-0.25, -0.2) is 0 Å². The van der Waals surface area contributed by atoms with Gasteiger partial charge in [0.1, 0.15) is 0 Å². The third kappa shape index (κ3) is 7.83. The van der Waals surface area contributed by atoms with E-state index in [0.717, 1.165) is 48.8 Å². The van der Waals surface area contributed by atoms with Gasteiger partial charge in [-0.05, 0) is 68.9 Å². The maximum absolute atomic E-state index is 14.4. The molecule has 0 saturated heterocycles. The molecule has 5 aromatic rings. The molecule has 10 heteroatoms. The maximum Gasteiger partial charge on any atom is 0.416 e. The summed E-state index contributed by atoms with van der Waals surface area (Å²) in [4.78, 5) is 28.0. The van der Waals surface area contributed by atoms with Crippen molar-refractivity contribution >= 4 is 56.6 Å². The standard InChI is InChI=1S/C43H39F3N2O4S/c1-28(11-10-18-37-48(26-24-39(51)52)36-22-20-30-13-5-8-16-33(30)41(36)53-37)42(2,27-31-14-6-9-17-34(31)43(44,45)46)40-32-15-7-4-12-29(32)19-21-35(40)47(3)25-23-38(49)50/h4-22H,1,23-27H2,2-3H3,(H,49,50)(H,51,52)/b11-10+,37-18-. The molecule has 0 spiro atoms. The second kappa shape index (κ2) is 15.2. The predicted molar refractivity (Wildman–Crippen MR) is 208 cm³/mol. The Balaban J connectivity index is 1.47. The third-order valence-electron chi connectivity index (χ3n) is 9.81. The summed E-state index contributed by atoms with van der Waals surface area (Å²) in [5.74, 6) is -1.87. The Bertz CT molecular complexity index is 2280. The molecular weight excluding hydrogens is 698 g/mol. The summed E-state index contributed by atoms with van der Waals surface area (Å²) >= 11 is 1.54. The Labute approximate surface area is 310 Å². The van der Waals surface area contributed by atoms with Crippen LogP contribution in [0.2, 0.25) is 0 Å². The van der Waals surface area contributed by atoms with Gasteiger partial charge >= 0.3 is 18.1 Å². The number of thioether (sulfide) groups is 1. The van der Waals surface area contributed by atoms with Crippen molar-refractivity contribution in [1.82, 2.24) is 0 Å². The van der Waals surface area contributed by atoms with Crippen molar-refractivity contribution < 1.29 is 33.0 Å². The lowest BCUT2D eigenvalue weighted by Crippen LogP contribution is -2.32. The first-order chi connectivity index (χ1) is 25.3. The molecule has 1 aliphatic rings. The van der Waals surface area contributed by atoms with Gasteiger partial charge in [-0.15, -0.1) is 0 Å². The predicted octanol–water partition coefficient (Wildman–Crippen LogP) is 10.5. The second-order valence-electron chi connectivity index (χ2n) is 13.3. The van der Waals surface area contributed by atoms with Gasteiger partial charge < -0.3 is 20.0 Å². The first-order valence-electron chi connectivity index (χ1n) is 17.1. The molecule has 0 aromatic heterocycles. The lowest BCUT2D eigenvalue weighted by Gasteiger charge is -2.37. The van der Waals surface area contributed by atoms with Crippen LogP contribution in [0.4, 0.5) is 24.5 Å². The van der Waals surface area contributed by atoms with E-state index < -0.39 is 29.1 Å². The molecule has 0 amide bonds. The van der Waals surface area contributed by atoms with E-state index in [4.69, 9.17) is 0 Å². The molecule has 53 heavy (non-hydrogen) atoms. The summed E-state index contributed by atoms with van der Waals surface area (Å²) in [6, 6.07) is 29.1. The SMILES string of the molecule is C=C(/C=C/C=C1\Sc2c(ccc3ccccc23)N1CCC(=O)O)C(C)(Cc1ccccc1C(F)(F)F)c1c(N(C)CCC(=O)O)ccc2ccccc12. The average molecular weight is 737 g/mol. The molecule has 0 fully saturated rings. The zero-order valence-corrected chi connectivity index (χ0v) is 30.2. The van der Waals surface area contributed by atoms with Crippen molar-refractivity contribution in [2.75, 3.05) is 29.9 Å². The number of carboxylic acid groups (broad SMARTS) is 2. The molecule has 2 N–H and O–H groups in total. The maximum atomic E-state index is 14.4. The van der Waals surface area contributed by atoms with Crippen molar-refractivity contribution in [1.29, 1.82) is 0 Å². The van der Waals surface area contributed by atoms with E-state index in [0.29, 0.717) is 11.3 Å². The highest BCUT2D eigenvalue weighted by atomic mass is 32.2. The van der Waals surface area contributed by atoms with Crippen molar-refractivity contribution in [3.63, 3.8) is 0 Å². The fraction of sp³-hybridized carbons (Fsp3) is 0.209. The van der Waals surface area contributed by atoms with Crippen LogP contribution in [0.1, 0.15) is 36.5 Å². The van der Waals surface area contributed by atoms with E-state index in [9.17, 15) is 33.0 Å². The molecule has 6 rings (SSSR count). The molecule has 1 unspecified atom stereocenters. The number of alkyl halides is 3. The number of hydrogen-bond acceptors (Lipinski definition) is 5. The number of rotatable bonds is 13. The van der Waals surface area contributed by atoms with Gasteiger partial charge in [0.15, 0.2) is 0 Å². The Hall–Kier alpha value is -5.48. The number of allylic oxidation sites excluding steroid dienone is 4. The van der Waals surface area contributed by atoms with E-state index in [1.807, 2.05) is 108 Å². The van der Waals surface area contributed by atoms with Gasteiger partial charge in [-0.1, -0.05) is 116 Å². The minimum Gasteiger partial charge on any atom is -0.481 e. The van der Waals surface area contributed by atoms with Crippen LogP contribution in [-0.4, -0.2) is 42.3 Å². The van der Waals surface area contributed by atoms with Crippen LogP contribution < -0.4 is 9.80 Å². The van der Waals surface area contributed by atoms with Crippen LogP contribution in [0.3, 0.4) is 0 Å². The van der Waals surface area contributed by atoms with Gasteiger partial charge in [0, 0.05) is 36.1 Å². The van der Waals surface area contributed by atoms with Crippen LogP contribution in [0, 0.1) is 0 Å². The quantitative estimate of drug-likeness (QED) is 0.117. The summed E-state index contributed by atoms with van der Waals surface area (Å²) in [6.07, 6.45) is 0.682. The summed E-state index contributed by atoms with van der Waals surface area (Å²) < 4.78 is 43.3. The van der Waals surface area contributed by atoms with E-state index >= 15 is 0 Å². The van der Waals surface area contributed by atoms with Crippen LogP contribution in [0.15, 0.2) is 137 Å². The zero-order chi connectivity index (χ0) is 37.9. The largest absolute Gasteiger partial charge is 0.481 e. The topological polar surface area (TPSA) is 81.1 Å². The van der Waals surface area contributed by atoms with E-state index in [2.05, 4.69) is 6.58 Å².